The van der Waals surface area contributed by atoms with Crippen molar-refractivity contribution < 1.29 is 13.6 Å². The van der Waals surface area contributed by atoms with Gasteiger partial charge >= 0.3 is 0 Å². The van der Waals surface area contributed by atoms with Crippen LogP contribution in [0.4, 0.5) is 8.78 Å². The molecule has 1 heterocycles. The van der Waals surface area contributed by atoms with Crippen LogP contribution in [0.5, 0.6) is 0 Å². The van der Waals surface area contributed by atoms with Gasteiger partial charge in [0.15, 0.2) is 0 Å². The number of rotatable bonds is 3. The molecule has 3 rings (SSSR count). The van der Waals surface area contributed by atoms with Gasteiger partial charge in [0.2, 0.25) is 0 Å². The molecule has 0 saturated carbocycles. The minimum absolute atomic E-state index is 0.0994. The van der Waals surface area contributed by atoms with Crippen molar-refractivity contribution >= 4 is 17.5 Å². The Bertz CT molecular complexity index is 874. The van der Waals surface area contributed by atoms with Gasteiger partial charge in [-0.1, -0.05) is 17.7 Å². The van der Waals surface area contributed by atoms with Crippen molar-refractivity contribution in [1.82, 2.24) is 9.80 Å². The van der Waals surface area contributed by atoms with Gasteiger partial charge in [-0.3, -0.25) is 9.69 Å². The lowest BCUT2D eigenvalue weighted by molar-refractivity contribution is 0.0628. The van der Waals surface area contributed by atoms with Crippen LogP contribution in [-0.2, 0) is 6.54 Å². The highest BCUT2D eigenvalue weighted by molar-refractivity contribution is 6.33. The number of nitriles is 1. The fourth-order valence-electron chi connectivity index (χ4n) is 2.97. The van der Waals surface area contributed by atoms with Gasteiger partial charge in [0.05, 0.1) is 22.2 Å². The first-order valence-corrected chi connectivity index (χ1v) is 8.51. The Hall–Kier alpha value is -2.49. The lowest BCUT2D eigenvalue weighted by Gasteiger charge is -2.35. The number of hydrogen-bond acceptors (Lipinski definition) is 3. The van der Waals surface area contributed by atoms with E-state index in [1.807, 2.05) is 6.07 Å². The molecule has 26 heavy (non-hydrogen) atoms. The molecule has 1 saturated heterocycles. The van der Waals surface area contributed by atoms with Gasteiger partial charge < -0.3 is 4.90 Å². The molecule has 0 aromatic heterocycles. The van der Waals surface area contributed by atoms with Gasteiger partial charge in [0, 0.05) is 32.7 Å². The standard InChI is InChI=1S/C19H16ClF2N3O/c20-18-10-16(22)3-4-17(18)19(26)25-7-5-24(6-8-25)12-13-1-2-15(21)9-14(13)11-23/h1-4,9-10H,5-8,12H2. The zero-order chi connectivity index (χ0) is 18.7. The molecule has 0 aliphatic carbocycles. The molecular formula is C19H16ClF2N3O. The second-order valence-corrected chi connectivity index (χ2v) is 6.51. The number of carbonyl (C=O) groups is 1. The molecular weight excluding hydrogens is 360 g/mol. The van der Waals surface area contributed by atoms with Crippen molar-refractivity contribution in [3.05, 3.63) is 69.7 Å². The summed E-state index contributed by atoms with van der Waals surface area (Å²) in [5.74, 6) is -1.14. The Morgan fingerprint density at radius 3 is 2.38 bits per heavy atom. The summed E-state index contributed by atoms with van der Waals surface area (Å²) in [6.45, 7) is 2.74. The smallest absolute Gasteiger partial charge is 0.255 e. The van der Waals surface area contributed by atoms with E-state index >= 15 is 0 Å². The minimum Gasteiger partial charge on any atom is -0.336 e. The zero-order valence-electron chi connectivity index (χ0n) is 13.9. The van der Waals surface area contributed by atoms with Crippen molar-refractivity contribution in [2.24, 2.45) is 0 Å². The molecule has 1 amide bonds. The van der Waals surface area contributed by atoms with E-state index in [4.69, 9.17) is 16.9 Å². The van der Waals surface area contributed by atoms with E-state index < -0.39 is 11.6 Å². The quantitative estimate of drug-likeness (QED) is 0.825. The second-order valence-electron chi connectivity index (χ2n) is 6.11. The Morgan fingerprint density at radius 2 is 1.73 bits per heavy atom. The van der Waals surface area contributed by atoms with E-state index in [2.05, 4.69) is 4.90 Å². The number of piperazine rings is 1. The van der Waals surface area contributed by atoms with Crippen LogP contribution in [0.1, 0.15) is 21.5 Å². The predicted molar refractivity (Wildman–Crippen MR) is 93.7 cm³/mol. The fraction of sp³-hybridized carbons (Fsp3) is 0.263. The van der Waals surface area contributed by atoms with E-state index in [0.29, 0.717) is 38.3 Å². The van der Waals surface area contributed by atoms with E-state index in [9.17, 15) is 13.6 Å². The highest BCUT2D eigenvalue weighted by Gasteiger charge is 2.24. The van der Waals surface area contributed by atoms with Crippen molar-refractivity contribution in [3.8, 4) is 6.07 Å². The Morgan fingerprint density at radius 1 is 1.08 bits per heavy atom. The van der Waals surface area contributed by atoms with Crippen molar-refractivity contribution in [2.45, 2.75) is 6.54 Å². The zero-order valence-corrected chi connectivity index (χ0v) is 14.6. The van der Waals surface area contributed by atoms with Crippen molar-refractivity contribution in [3.63, 3.8) is 0 Å². The lowest BCUT2D eigenvalue weighted by atomic mass is 10.1. The molecule has 7 heteroatoms. The van der Waals surface area contributed by atoms with Gasteiger partial charge in [-0.2, -0.15) is 5.26 Å². The van der Waals surface area contributed by atoms with Crippen molar-refractivity contribution in [2.75, 3.05) is 26.2 Å². The molecule has 0 spiro atoms. The Kier molecular flexibility index (Phi) is 5.50. The average Bonchev–Trinajstić information content (AvgIpc) is 2.63. The van der Waals surface area contributed by atoms with Gasteiger partial charge in [-0.25, -0.2) is 8.78 Å². The molecule has 2 aromatic rings. The molecule has 2 aromatic carbocycles. The topological polar surface area (TPSA) is 47.3 Å². The molecule has 0 radical (unpaired) electrons. The summed E-state index contributed by atoms with van der Waals surface area (Å²) >= 11 is 5.97. The molecule has 0 unspecified atom stereocenters. The first kappa shape index (κ1) is 18.3. The first-order valence-electron chi connectivity index (χ1n) is 8.13. The molecule has 1 aliphatic rings. The normalized spacial score (nSPS) is 14.9. The van der Waals surface area contributed by atoms with Crippen LogP contribution in [0.15, 0.2) is 36.4 Å². The Labute approximate surface area is 155 Å². The number of nitrogens with zero attached hydrogens (tertiary/aromatic N) is 3. The highest BCUT2D eigenvalue weighted by atomic mass is 35.5. The van der Waals surface area contributed by atoms with Crippen molar-refractivity contribution in [1.29, 1.82) is 5.26 Å². The summed E-state index contributed by atoms with van der Waals surface area (Å²) in [5.41, 5.74) is 1.36. The van der Waals surface area contributed by atoms with Gasteiger partial charge in [-0.05, 0) is 35.9 Å². The maximum Gasteiger partial charge on any atom is 0.255 e. The molecule has 0 bridgehead atoms. The lowest BCUT2D eigenvalue weighted by Crippen LogP contribution is -2.48. The molecule has 0 atom stereocenters. The van der Waals surface area contributed by atoms with Crippen LogP contribution < -0.4 is 0 Å². The minimum atomic E-state index is -0.482. The first-order chi connectivity index (χ1) is 12.5. The number of benzene rings is 2. The van der Waals surface area contributed by atoms with Gasteiger partial charge in [-0.15, -0.1) is 0 Å². The number of halogens is 3. The summed E-state index contributed by atoms with van der Waals surface area (Å²) in [5, 5.41) is 9.23. The molecule has 0 N–H and O–H groups in total. The second kappa shape index (κ2) is 7.81. The monoisotopic (exact) mass is 375 g/mol. The van der Waals surface area contributed by atoms with E-state index in [1.165, 1.54) is 24.3 Å². The van der Waals surface area contributed by atoms with Crippen LogP contribution >= 0.6 is 11.6 Å². The van der Waals surface area contributed by atoms with Gasteiger partial charge in [0.25, 0.3) is 5.91 Å². The summed E-state index contributed by atoms with van der Waals surface area (Å²) in [4.78, 5) is 16.3. The van der Waals surface area contributed by atoms with E-state index in [0.717, 1.165) is 11.6 Å². The summed E-state index contributed by atoms with van der Waals surface area (Å²) in [7, 11) is 0. The van der Waals surface area contributed by atoms with Crippen LogP contribution in [0.2, 0.25) is 5.02 Å². The molecule has 1 fully saturated rings. The average molecular weight is 376 g/mol. The number of hydrogen-bond donors (Lipinski definition) is 0. The summed E-state index contributed by atoms with van der Waals surface area (Å²) in [6, 6.07) is 9.93. The van der Waals surface area contributed by atoms with Crippen LogP contribution in [0.3, 0.4) is 0 Å². The SMILES string of the molecule is N#Cc1cc(F)ccc1CN1CCN(C(=O)c2ccc(F)cc2Cl)CC1. The third kappa shape index (κ3) is 4.01. The largest absolute Gasteiger partial charge is 0.336 e. The maximum atomic E-state index is 13.2. The molecule has 134 valence electrons. The van der Waals surface area contributed by atoms with Crippen LogP contribution in [0, 0.1) is 23.0 Å². The predicted octanol–water partition coefficient (Wildman–Crippen LogP) is 3.45. The number of amides is 1. The highest BCUT2D eigenvalue weighted by Crippen LogP contribution is 2.20. The summed E-state index contributed by atoms with van der Waals surface area (Å²) < 4.78 is 26.4. The van der Waals surface area contributed by atoms with Crippen LogP contribution in [-0.4, -0.2) is 41.9 Å². The third-order valence-corrected chi connectivity index (χ3v) is 4.72. The fourth-order valence-corrected chi connectivity index (χ4v) is 3.22. The Balaban J connectivity index is 1.63. The third-order valence-electron chi connectivity index (χ3n) is 4.41. The maximum absolute atomic E-state index is 13.2. The number of carbonyl (C=O) groups excluding carboxylic acids is 1. The van der Waals surface area contributed by atoms with E-state index in [1.54, 1.807) is 11.0 Å². The molecule has 1 aliphatic heterocycles. The van der Waals surface area contributed by atoms with Gasteiger partial charge in [0.1, 0.15) is 11.6 Å². The molecule has 4 nitrogen and oxygen atoms in total. The summed E-state index contributed by atoms with van der Waals surface area (Å²) in [6.07, 6.45) is 0. The van der Waals surface area contributed by atoms with E-state index in [-0.39, 0.29) is 16.5 Å². The van der Waals surface area contributed by atoms with Crippen LogP contribution in [0.25, 0.3) is 0 Å².